The van der Waals surface area contributed by atoms with Crippen molar-refractivity contribution in [1.29, 1.82) is 0 Å². The first-order chi connectivity index (χ1) is 9.25. The first-order valence-electron chi connectivity index (χ1n) is 5.50. The predicted molar refractivity (Wildman–Crippen MR) is 79.1 cm³/mol. The molecule has 0 aliphatic heterocycles. The summed E-state index contributed by atoms with van der Waals surface area (Å²) in [6.45, 7) is 0. The summed E-state index contributed by atoms with van der Waals surface area (Å²) < 4.78 is 0.437. The normalized spacial score (nSPS) is 10.6. The van der Waals surface area contributed by atoms with E-state index < -0.39 is 0 Å². The molecule has 0 saturated carbocycles. The smallest absolute Gasteiger partial charge is 0.266 e. The lowest BCUT2D eigenvalue weighted by atomic mass is 10.1. The molecule has 0 bridgehead atoms. The molecule has 19 heavy (non-hydrogen) atoms. The highest BCUT2D eigenvalue weighted by Crippen LogP contribution is 2.26. The number of hydrogen-bond donors (Lipinski definition) is 1. The van der Waals surface area contributed by atoms with Crippen molar-refractivity contribution < 1.29 is 0 Å². The highest BCUT2D eigenvalue weighted by atomic mass is 79.9. The molecule has 2 heterocycles. The highest BCUT2D eigenvalue weighted by molar-refractivity contribution is 9.10. The van der Waals surface area contributed by atoms with Gasteiger partial charge >= 0.3 is 0 Å². The Kier molecular flexibility index (Phi) is 3.27. The molecule has 3 rings (SSSR count). The molecule has 0 atom stereocenters. The third kappa shape index (κ3) is 2.36. The average Bonchev–Trinajstić information content (AvgIpc) is 2.97. The van der Waals surface area contributed by atoms with Crippen LogP contribution in [0.4, 0.5) is 0 Å². The van der Waals surface area contributed by atoms with Crippen molar-refractivity contribution in [2.75, 3.05) is 0 Å². The van der Waals surface area contributed by atoms with Crippen LogP contribution in [0.5, 0.6) is 0 Å². The monoisotopic (exact) mass is 333 g/mol. The lowest BCUT2D eigenvalue weighted by molar-refractivity contribution is 1.12. The van der Waals surface area contributed by atoms with E-state index >= 15 is 0 Å². The van der Waals surface area contributed by atoms with Crippen molar-refractivity contribution in [3.63, 3.8) is 0 Å². The summed E-state index contributed by atoms with van der Waals surface area (Å²) in [5.41, 5.74) is 3.04. The highest BCUT2D eigenvalue weighted by Gasteiger charge is 2.12. The lowest BCUT2D eigenvalue weighted by Crippen LogP contribution is -2.11. The fraction of sp³-hybridized carbons (Fsp3) is 0. The summed E-state index contributed by atoms with van der Waals surface area (Å²) in [4.78, 5) is 24.1. The van der Waals surface area contributed by atoms with E-state index in [2.05, 4.69) is 30.9 Å². The summed E-state index contributed by atoms with van der Waals surface area (Å²) in [5, 5.41) is 0. The Hall–Kier alpha value is -1.79. The van der Waals surface area contributed by atoms with E-state index in [4.69, 9.17) is 0 Å². The minimum atomic E-state index is -0.197. The van der Waals surface area contributed by atoms with Gasteiger partial charge in [0.15, 0.2) is 5.82 Å². The molecule has 4 nitrogen and oxygen atoms in total. The van der Waals surface area contributed by atoms with Crippen LogP contribution in [-0.4, -0.2) is 15.0 Å². The van der Waals surface area contributed by atoms with Crippen LogP contribution in [0, 0.1) is 0 Å². The van der Waals surface area contributed by atoms with Crippen LogP contribution < -0.4 is 5.56 Å². The van der Waals surface area contributed by atoms with Crippen molar-refractivity contribution >= 4 is 27.3 Å². The van der Waals surface area contributed by atoms with Gasteiger partial charge in [0.25, 0.3) is 5.56 Å². The zero-order valence-electron chi connectivity index (χ0n) is 9.63. The minimum Gasteiger partial charge on any atom is -0.305 e. The third-order valence-corrected chi connectivity index (χ3v) is 4.09. The van der Waals surface area contributed by atoms with E-state index in [0.717, 1.165) is 10.4 Å². The Morgan fingerprint density at radius 2 is 2.00 bits per heavy atom. The van der Waals surface area contributed by atoms with Crippen molar-refractivity contribution in [2.24, 2.45) is 0 Å². The van der Waals surface area contributed by atoms with Gasteiger partial charge in [-0.15, -0.1) is 11.3 Å². The second-order valence-electron chi connectivity index (χ2n) is 3.81. The van der Waals surface area contributed by atoms with Gasteiger partial charge in [-0.3, -0.25) is 9.78 Å². The molecule has 2 aromatic heterocycles. The van der Waals surface area contributed by atoms with Gasteiger partial charge in [-0.25, -0.2) is 4.98 Å². The molecule has 0 radical (unpaired) electrons. The fourth-order valence-electron chi connectivity index (χ4n) is 1.70. The molecule has 0 fully saturated rings. The Morgan fingerprint density at radius 1 is 1.21 bits per heavy atom. The number of halogens is 1. The summed E-state index contributed by atoms with van der Waals surface area (Å²) in [6, 6.07) is 9.59. The van der Waals surface area contributed by atoms with Gasteiger partial charge in [0.05, 0.1) is 16.1 Å². The number of nitrogens with one attached hydrogen (secondary N) is 1. The molecule has 94 valence electrons. The molecule has 0 amide bonds. The predicted octanol–water partition coefficient (Wildman–Crippen LogP) is 3.32. The van der Waals surface area contributed by atoms with Crippen molar-refractivity contribution in [3.8, 4) is 22.0 Å². The lowest BCUT2D eigenvalue weighted by Gasteiger charge is -2.05. The van der Waals surface area contributed by atoms with E-state index in [1.165, 1.54) is 11.3 Å². The number of thiazole rings is 1. The molecule has 1 aromatic carbocycles. The molecular weight excluding hydrogens is 326 g/mol. The molecule has 0 aliphatic carbocycles. The Labute approximate surface area is 121 Å². The topological polar surface area (TPSA) is 58.6 Å². The summed E-state index contributed by atoms with van der Waals surface area (Å²) in [7, 11) is 0. The molecule has 0 spiro atoms. The Morgan fingerprint density at radius 3 is 2.68 bits per heavy atom. The molecule has 0 saturated heterocycles. The maximum atomic E-state index is 12.0. The van der Waals surface area contributed by atoms with Crippen LogP contribution in [-0.2, 0) is 0 Å². The Balaban J connectivity index is 2.23. The summed E-state index contributed by atoms with van der Waals surface area (Å²) in [5.74, 6) is 0.537. The first kappa shape index (κ1) is 12.3. The SMILES string of the molecule is O=c1[nH]c(-c2cncs2)nc(-c2ccccc2)c1Br. The van der Waals surface area contributed by atoms with Crippen LogP contribution >= 0.6 is 27.3 Å². The number of benzene rings is 1. The maximum absolute atomic E-state index is 12.0. The van der Waals surface area contributed by atoms with Crippen molar-refractivity contribution in [1.82, 2.24) is 15.0 Å². The number of H-pyrrole nitrogens is 1. The van der Waals surface area contributed by atoms with Crippen LogP contribution in [0.15, 0.2) is 51.3 Å². The molecule has 0 unspecified atom stereocenters. The number of rotatable bonds is 2. The molecular formula is C13H8BrN3OS. The zero-order chi connectivity index (χ0) is 13.2. The third-order valence-electron chi connectivity index (χ3n) is 2.58. The van der Waals surface area contributed by atoms with E-state index in [1.807, 2.05) is 30.3 Å². The fourth-order valence-corrected chi connectivity index (χ4v) is 2.68. The van der Waals surface area contributed by atoms with Gasteiger partial charge in [0.1, 0.15) is 4.47 Å². The van der Waals surface area contributed by atoms with Crippen LogP contribution in [0.25, 0.3) is 22.0 Å². The molecule has 3 aromatic rings. The van der Waals surface area contributed by atoms with Gasteiger partial charge < -0.3 is 4.98 Å². The number of aromatic nitrogens is 3. The summed E-state index contributed by atoms with van der Waals surface area (Å²) in [6.07, 6.45) is 1.69. The van der Waals surface area contributed by atoms with E-state index in [9.17, 15) is 4.79 Å². The average molecular weight is 334 g/mol. The maximum Gasteiger partial charge on any atom is 0.266 e. The first-order valence-corrected chi connectivity index (χ1v) is 7.17. The van der Waals surface area contributed by atoms with Gasteiger partial charge in [-0.1, -0.05) is 30.3 Å². The van der Waals surface area contributed by atoms with Crippen molar-refractivity contribution in [3.05, 3.63) is 56.9 Å². The summed E-state index contributed by atoms with van der Waals surface area (Å²) >= 11 is 4.73. The number of hydrogen-bond acceptors (Lipinski definition) is 4. The number of aromatic amines is 1. The van der Waals surface area contributed by atoms with Crippen LogP contribution in [0.3, 0.4) is 0 Å². The van der Waals surface area contributed by atoms with Crippen molar-refractivity contribution in [2.45, 2.75) is 0 Å². The standard InChI is InChI=1S/C13H8BrN3OS/c14-10-11(8-4-2-1-3-5-8)16-12(17-13(10)18)9-6-15-7-19-9/h1-7H,(H,16,17,18). The van der Waals surface area contributed by atoms with Crippen LogP contribution in [0.1, 0.15) is 0 Å². The van der Waals surface area contributed by atoms with Gasteiger partial charge in [0, 0.05) is 11.8 Å². The largest absolute Gasteiger partial charge is 0.305 e. The zero-order valence-corrected chi connectivity index (χ0v) is 12.0. The quantitative estimate of drug-likeness (QED) is 0.782. The van der Waals surface area contributed by atoms with E-state index in [1.54, 1.807) is 11.7 Å². The van der Waals surface area contributed by atoms with Gasteiger partial charge in [0.2, 0.25) is 0 Å². The second kappa shape index (κ2) is 5.07. The van der Waals surface area contributed by atoms with E-state index in [-0.39, 0.29) is 5.56 Å². The van der Waals surface area contributed by atoms with Gasteiger partial charge in [-0.2, -0.15) is 0 Å². The molecule has 0 aliphatic rings. The number of nitrogens with zero attached hydrogens (tertiary/aromatic N) is 2. The minimum absolute atomic E-state index is 0.197. The Bertz CT molecular complexity index is 753. The van der Waals surface area contributed by atoms with Crippen LogP contribution in [0.2, 0.25) is 0 Å². The van der Waals surface area contributed by atoms with E-state index in [0.29, 0.717) is 16.0 Å². The molecule has 1 N–H and O–H groups in total. The van der Waals surface area contributed by atoms with Gasteiger partial charge in [-0.05, 0) is 15.9 Å². The molecule has 6 heteroatoms. The second-order valence-corrected chi connectivity index (χ2v) is 5.49.